The zero-order chi connectivity index (χ0) is 7.68. The van der Waals surface area contributed by atoms with Gasteiger partial charge in [-0.1, -0.05) is 23.8 Å². The summed E-state index contributed by atoms with van der Waals surface area (Å²) in [5.74, 6) is 0.359. The zero-order valence-corrected chi connectivity index (χ0v) is 6.66. The Kier molecular flexibility index (Phi) is 1.82. The molecule has 0 heterocycles. The van der Waals surface area contributed by atoms with E-state index >= 15 is 0 Å². The second kappa shape index (κ2) is 2.82. The third-order valence-corrected chi connectivity index (χ3v) is 2.65. The van der Waals surface area contributed by atoms with E-state index in [1.165, 1.54) is 5.57 Å². The molecule has 2 atom stereocenters. The third kappa shape index (κ3) is 1.25. The number of aliphatic hydroxyl groups excluding tert-OH is 1. The topological polar surface area (TPSA) is 20.2 Å². The third-order valence-electron chi connectivity index (χ3n) is 2.65. The maximum Gasteiger partial charge on any atom is 0.0643 e. The van der Waals surface area contributed by atoms with E-state index in [0.29, 0.717) is 5.92 Å². The molecule has 0 saturated heterocycles. The van der Waals surface area contributed by atoms with E-state index in [1.54, 1.807) is 0 Å². The minimum atomic E-state index is -0.101. The summed E-state index contributed by atoms with van der Waals surface area (Å²) in [5, 5.41) is 9.56. The maximum absolute atomic E-state index is 9.56. The number of hydrogen-bond donors (Lipinski definition) is 1. The normalized spacial score (nSPS) is 36.3. The van der Waals surface area contributed by atoms with E-state index in [-0.39, 0.29) is 6.10 Å². The number of hydrogen-bond acceptors (Lipinski definition) is 1. The molecule has 0 aromatic heterocycles. The highest BCUT2D eigenvalue weighted by Gasteiger charge is 2.27. The van der Waals surface area contributed by atoms with Crippen LogP contribution < -0.4 is 0 Å². The van der Waals surface area contributed by atoms with E-state index in [4.69, 9.17) is 0 Å². The first kappa shape index (κ1) is 7.11. The summed E-state index contributed by atoms with van der Waals surface area (Å²) in [6.45, 7) is 0. The lowest BCUT2D eigenvalue weighted by Crippen LogP contribution is -2.10. The fourth-order valence-electron chi connectivity index (χ4n) is 2.01. The van der Waals surface area contributed by atoms with Crippen LogP contribution in [0.3, 0.4) is 0 Å². The van der Waals surface area contributed by atoms with Gasteiger partial charge in [-0.2, -0.15) is 0 Å². The second-order valence-electron chi connectivity index (χ2n) is 3.42. The molecular weight excluding hydrogens is 136 g/mol. The van der Waals surface area contributed by atoms with Crippen LogP contribution >= 0.6 is 0 Å². The van der Waals surface area contributed by atoms with Crippen molar-refractivity contribution in [3.8, 4) is 0 Å². The van der Waals surface area contributed by atoms with Gasteiger partial charge in [-0.25, -0.2) is 0 Å². The predicted octanol–water partition coefficient (Wildman–Crippen LogP) is 2.03. The van der Waals surface area contributed by atoms with Crippen LogP contribution in [0.4, 0.5) is 0 Å². The Morgan fingerprint density at radius 1 is 1.36 bits per heavy atom. The van der Waals surface area contributed by atoms with Crippen molar-refractivity contribution in [2.75, 3.05) is 0 Å². The molecule has 2 unspecified atom stereocenters. The molecule has 1 N–H and O–H groups in total. The molecule has 2 aliphatic rings. The van der Waals surface area contributed by atoms with E-state index in [0.717, 1.165) is 25.7 Å². The molecule has 1 saturated carbocycles. The Morgan fingerprint density at radius 3 is 3.18 bits per heavy atom. The predicted molar refractivity (Wildman–Crippen MR) is 45.2 cm³/mol. The quantitative estimate of drug-likeness (QED) is 0.524. The molecule has 60 valence electrons. The highest BCUT2D eigenvalue weighted by molar-refractivity contribution is 5.22. The van der Waals surface area contributed by atoms with Gasteiger partial charge in [0.15, 0.2) is 0 Å². The standard InChI is InChI=1S/C10H14O/c11-10-7-6-8-4-2-1-3-5-9(8)10/h3-5,9-11H,1-2,6-7H2. The Balaban J connectivity index is 2.23. The fraction of sp³-hybridized carbons (Fsp3) is 0.600. The Labute approximate surface area is 67.4 Å². The van der Waals surface area contributed by atoms with Crippen LogP contribution in [0.15, 0.2) is 23.8 Å². The molecule has 0 amide bonds. The largest absolute Gasteiger partial charge is 0.392 e. The van der Waals surface area contributed by atoms with Gasteiger partial charge >= 0.3 is 0 Å². The van der Waals surface area contributed by atoms with Crippen LogP contribution in [-0.2, 0) is 0 Å². The zero-order valence-electron chi connectivity index (χ0n) is 6.66. The van der Waals surface area contributed by atoms with Crippen LogP contribution in [0, 0.1) is 5.92 Å². The molecule has 0 radical (unpaired) electrons. The summed E-state index contributed by atoms with van der Waals surface area (Å²) in [6, 6.07) is 0. The van der Waals surface area contributed by atoms with Crippen LogP contribution in [0.25, 0.3) is 0 Å². The Hall–Kier alpha value is -0.560. The lowest BCUT2D eigenvalue weighted by atomic mass is 10.0. The highest BCUT2D eigenvalue weighted by atomic mass is 16.3. The molecule has 2 rings (SSSR count). The fourth-order valence-corrected chi connectivity index (χ4v) is 2.01. The summed E-state index contributed by atoms with van der Waals surface area (Å²) >= 11 is 0. The molecule has 0 bridgehead atoms. The van der Waals surface area contributed by atoms with Gasteiger partial charge in [-0.05, 0) is 25.7 Å². The number of allylic oxidation sites excluding steroid dienone is 2. The summed E-state index contributed by atoms with van der Waals surface area (Å²) in [5.41, 5.74) is 1.46. The van der Waals surface area contributed by atoms with Crippen molar-refractivity contribution in [1.82, 2.24) is 0 Å². The number of fused-ring (bicyclic) bond motifs is 1. The Morgan fingerprint density at radius 2 is 2.27 bits per heavy atom. The lowest BCUT2D eigenvalue weighted by Gasteiger charge is -2.09. The molecular formula is C10H14O. The van der Waals surface area contributed by atoms with Crippen LogP contribution in [-0.4, -0.2) is 11.2 Å². The first-order chi connectivity index (χ1) is 5.38. The minimum absolute atomic E-state index is 0.101. The van der Waals surface area contributed by atoms with Crippen molar-refractivity contribution >= 4 is 0 Å². The summed E-state index contributed by atoms with van der Waals surface area (Å²) in [6.07, 6.45) is 11.0. The van der Waals surface area contributed by atoms with Gasteiger partial charge in [0.25, 0.3) is 0 Å². The van der Waals surface area contributed by atoms with Gasteiger partial charge in [0.1, 0.15) is 0 Å². The lowest BCUT2D eigenvalue weighted by molar-refractivity contribution is 0.159. The van der Waals surface area contributed by atoms with Gasteiger partial charge < -0.3 is 5.11 Å². The second-order valence-corrected chi connectivity index (χ2v) is 3.42. The highest BCUT2D eigenvalue weighted by Crippen LogP contribution is 2.34. The summed E-state index contributed by atoms with van der Waals surface area (Å²) in [7, 11) is 0. The van der Waals surface area contributed by atoms with Gasteiger partial charge in [0, 0.05) is 5.92 Å². The molecule has 1 nitrogen and oxygen atoms in total. The molecule has 0 aromatic rings. The molecule has 11 heavy (non-hydrogen) atoms. The monoisotopic (exact) mass is 150 g/mol. The van der Waals surface area contributed by atoms with Gasteiger partial charge in [-0.3, -0.25) is 0 Å². The Bertz CT molecular complexity index is 203. The summed E-state index contributed by atoms with van der Waals surface area (Å²) < 4.78 is 0. The number of aliphatic hydroxyl groups is 1. The SMILES string of the molecule is OC1CCC2=CCCC=CC21. The van der Waals surface area contributed by atoms with E-state index in [9.17, 15) is 5.11 Å². The van der Waals surface area contributed by atoms with Crippen LogP contribution in [0.5, 0.6) is 0 Å². The minimum Gasteiger partial charge on any atom is -0.392 e. The van der Waals surface area contributed by atoms with Gasteiger partial charge in [0.05, 0.1) is 6.10 Å². The first-order valence-corrected chi connectivity index (χ1v) is 4.41. The number of rotatable bonds is 0. The molecule has 0 aliphatic heterocycles. The van der Waals surface area contributed by atoms with Crippen molar-refractivity contribution in [2.24, 2.45) is 5.92 Å². The van der Waals surface area contributed by atoms with Crippen LogP contribution in [0.1, 0.15) is 25.7 Å². The average molecular weight is 150 g/mol. The summed E-state index contributed by atoms with van der Waals surface area (Å²) in [4.78, 5) is 0. The van der Waals surface area contributed by atoms with Crippen molar-refractivity contribution < 1.29 is 5.11 Å². The molecule has 0 spiro atoms. The van der Waals surface area contributed by atoms with E-state index < -0.39 is 0 Å². The molecule has 0 aromatic carbocycles. The average Bonchev–Trinajstić information content (AvgIpc) is 2.25. The molecule has 1 heteroatoms. The van der Waals surface area contributed by atoms with Crippen LogP contribution in [0.2, 0.25) is 0 Å². The molecule has 2 aliphatic carbocycles. The van der Waals surface area contributed by atoms with E-state index in [1.807, 2.05) is 0 Å². The van der Waals surface area contributed by atoms with Crippen molar-refractivity contribution in [3.63, 3.8) is 0 Å². The van der Waals surface area contributed by atoms with Crippen molar-refractivity contribution in [3.05, 3.63) is 23.8 Å². The van der Waals surface area contributed by atoms with Crippen molar-refractivity contribution in [2.45, 2.75) is 31.8 Å². The van der Waals surface area contributed by atoms with Crippen molar-refractivity contribution in [1.29, 1.82) is 0 Å². The first-order valence-electron chi connectivity index (χ1n) is 4.41. The maximum atomic E-state index is 9.56. The molecule has 1 fully saturated rings. The van der Waals surface area contributed by atoms with E-state index in [2.05, 4.69) is 18.2 Å². The van der Waals surface area contributed by atoms with Gasteiger partial charge in [0.2, 0.25) is 0 Å². The van der Waals surface area contributed by atoms with Gasteiger partial charge in [-0.15, -0.1) is 0 Å². The smallest absolute Gasteiger partial charge is 0.0643 e.